The largest absolute Gasteiger partial charge is 0.384 e. The third kappa shape index (κ3) is 3.39. The van der Waals surface area contributed by atoms with Crippen molar-refractivity contribution in [3.8, 4) is 0 Å². The molecule has 0 bridgehead atoms. The zero-order valence-electron chi connectivity index (χ0n) is 14.5. The fraction of sp³-hybridized carbons (Fsp3) is 0.812. The van der Waals surface area contributed by atoms with E-state index in [1.54, 1.807) is 14.2 Å². The van der Waals surface area contributed by atoms with Crippen LogP contribution in [-0.2, 0) is 15.9 Å². The number of amides is 2. The van der Waals surface area contributed by atoms with Gasteiger partial charge in [-0.3, -0.25) is 5.10 Å². The van der Waals surface area contributed by atoms with Gasteiger partial charge in [-0.2, -0.15) is 5.10 Å². The number of methoxy groups -OCH3 is 2. The highest BCUT2D eigenvalue weighted by Gasteiger charge is 2.53. The van der Waals surface area contributed by atoms with Crippen molar-refractivity contribution in [1.29, 1.82) is 0 Å². The van der Waals surface area contributed by atoms with Crippen molar-refractivity contribution in [3.05, 3.63) is 11.6 Å². The van der Waals surface area contributed by atoms with Gasteiger partial charge < -0.3 is 19.7 Å². The SMILES string of the molecule is COCCNC(=O)N1CC(c2n[nH]c(CCOC)n2)C2(CCC2)C1. The number of likely N-dealkylation sites (tertiary alicyclic amines) is 1. The number of carbonyl (C=O) groups is 1. The van der Waals surface area contributed by atoms with Gasteiger partial charge in [-0.05, 0) is 18.3 Å². The van der Waals surface area contributed by atoms with Gasteiger partial charge in [-0.15, -0.1) is 0 Å². The maximum absolute atomic E-state index is 12.4. The third-order valence-electron chi connectivity index (χ3n) is 5.27. The van der Waals surface area contributed by atoms with E-state index in [1.807, 2.05) is 4.90 Å². The van der Waals surface area contributed by atoms with Gasteiger partial charge in [0.2, 0.25) is 0 Å². The Kier molecular flexibility index (Phi) is 5.35. The molecule has 3 rings (SSSR count). The number of nitrogens with zero attached hydrogens (tertiary/aromatic N) is 3. The molecule has 24 heavy (non-hydrogen) atoms. The molecule has 1 spiro atoms. The van der Waals surface area contributed by atoms with Crippen LogP contribution in [0.2, 0.25) is 0 Å². The number of rotatable bonds is 7. The second-order valence-electron chi connectivity index (χ2n) is 6.76. The van der Waals surface area contributed by atoms with E-state index in [1.165, 1.54) is 6.42 Å². The molecule has 1 aliphatic heterocycles. The Morgan fingerprint density at radius 1 is 1.38 bits per heavy atom. The van der Waals surface area contributed by atoms with Crippen LogP contribution in [0, 0.1) is 5.41 Å². The molecular weight excluding hydrogens is 310 g/mol. The lowest BCUT2D eigenvalue weighted by Gasteiger charge is -2.41. The Morgan fingerprint density at radius 2 is 2.17 bits per heavy atom. The van der Waals surface area contributed by atoms with Gasteiger partial charge in [0, 0.05) is 46.2 Å². The summed E-state index contributed by atoms with van der Waals surface area (Å²) >= 11 is 0. The zero-order valence-corrected chi connectivity index (χ0v) is 14.5. The van der Waals surface area contributed by atoms with E-state index in [2.05, 4.69) is 20.5 Å². The maximum atomic E-state index is 12.4. The lowest BCUT2D eigenvalue weighted by molar-refractivity contribution is 0.120. The topological polar surface area (TPSA) is 92.4 Å². The molecule has 1 saturated heterocycles. The summed E-state index contributed by atoms with van der Waals surface area (Å²) in [7, 11) is 3.31. The molecule has 134 valence electrons. The van der Waals surface area contributed by atoms with Crippen LogP contribution >= 0.6 is 0 Å². The van der Waals surface area contributed by atoms with Crippen molar-refractivity contribution in [2.45, 2.75) is 31.6 Å². The van der Waals surface area contributed by atoms with Crippen LogP contribution in [-0.4, -0.2) is 73.2 Å². The smallest absolute Gasteiger partial charge is 0.317 e. The number of hydrogen-bond donors (Lipinski definition) is 2. The average molecular weight is 337 g/mol. The maximum Gasteiger partial charge on any atom is 0.317 e. The third-order valence-corrected chi connectivity index (χ3v) is 5.27. The van der Waals surface area contributed by atoms with Crippen molar-refractivity contribution in [2.75, 3.05) is 47.1 Å². The van der Waals surface area contributed by atoms with Crippen LogP contribution in [0.25, 0.3) is 0 Å². The predicted molar refractivity (Wildman–Crippen MR) is 87.8 cm³/mol. The number of urea groups is 1. The van der Waals surface area contributed by atoms with Crippen LogP contribution < -0.4 is 5.32 Å². The average Bonchev–Trinajstić information content (AvgIpc) is 3.17. The zero-order chi connectivity index (χ0) is 17.0. The van der Waals surface area contributed by atoms with E-state index in [9.17, 15) is 4.79 Å². The van der Waals surface area contributed by atoms with E-state index in [-0.39, 0.29) is 17.4 Å². The van der Waals surface area contributed by atoms with Crippen LogP contribution in [0.5, 0.6) is 0 Å². The van der Waals surface area contributed by atoms with Crippen molar-refractivity contribution in [2.24, 2.45) is 5.41 Å². The standard InChI is InChI=1S/C16H27N5O3/c1-23-8-4-13-18-14(20-19-13)12-10-21(11-16(12)5-3-6-16)15(22)17-7-9-24-2/h12H,3-11H2,1-2H3,(H,17,22)(H,18,19,20). The molecule has 1 aromatic heterocycles. The Balaban J connectivity index is 1.66. The summed E-state index contributed by atoms with van der Waals surface area (Å²) in [6.07, 6.45) is 4.23. The molecule has 1 atom stereocenters. The van der Waals surface area contributed by atoms with Gasteiger partial charge >= 0.3 is 6.03 Å². The summed E-state index contributed by atoms with van der Waals surface area (Å²) in [5, 5.41) is 10.4. The molecule has 8 nitrogen and oxygen atoms in total. The van der Waals surface area contributed by atoms with E-state index >= 15 is 0 Å². The summed E-state index contributed by atoms with van der Waals surface area (Å²) in [4.78, 5) is 18.9. The quantitative estimate of drug-likeness (QED) is 0.722. The monoisotopic (exact) mass is 337 g/mol. The second-order valence-corrected chi connectivity index (χ2v) is 6.76. The number of aromatic nitrogens is 3. The van der Waals surface area contributed by atoms with Gasteiger partial charge in [-0.1, -0.05) is 6.42 Å². The van der Waals surface area contributed by atoms with E-state index in [4.69, 9.17) is 9.47 Å². The molecule has 2 amide bonds. The molecule has 2 fully saturated rings. The first-order valence-corrected chi connectivity index (χ1v) is 8.60. The first-order valence-electron chi connectivity index (χ1n) is 8.60. The van der Waals surface area contributed by atoms with Gasteiger partial charge in [0.25, 0.3) is 0 Å². The Morgan fingerprint density at radius 3 is 2.83 bits per heavy atom. The van der Waals surface area contributed by atoms with Gasteiger partial charge in [0.1, 0.15) is 5.82 Å². The predicted octanol–water partition coefficient (Wildman–Crippen LogP) is 0.919. The lowest BCUT2D eigenvalue weighted by atomic mass is 9.62. The molecule has 1 aliphatic carbocycles. The highest BCUT2D eigenvalue weighted by atomic mass is 16.5. The van der Waals surface area contributed by atoms with Crippen molar-refractivity contribution >= 4 is 6.03 Å². The molecule has 2 heterocycles. The second kappa shape index (κ2) is 7.48. The summed E-state index contributed by atoms with van der Waals surface area (Å²) in [5.41, 5.74) is 0.152. The van der Waals surface area contributed by atoms with E-state index < -0.39 is 0 Å². The fourth-order valence-electron chi connectivity index (χ4n) is 3.76. The molecule has 1 aromatic rings. The van der Waals surface area contributed by atoms with E-state index in [0.29, 0.717) is 26.3 Å². The number of aromatic amines is 1. The molecule has 0 aromatic carbocycles. The van der Waals surface area contributed by atoms with Crippen molar-refractivity contribution < 1.29 is 14.3 Å². The minimum Gasteiger partial charge on any atom is -0.384 e. The molecule has 1 unspecified atom stereocenters. The number of nitrogens with one attached hydrogen (secondary N) is 2. The van der Waals surface area contributed by atoms with Crippen molar-refractivity contribution in [1.82, 2.24) is 25.4 Å². The molecule has 2 N–H and O–H groups in total. The Labute approximate surface area is 142 Å². The summed E-state index contributed by atoms with van der Waals surface area (Å²) < 4.78 is 10.1. The van der Waals surface area contributed by atoms with E-state index in [0.717, 1.165) is 37.5 Å². The van der Waals surface area contributed by atoms with Crippen LogP contribution in [0.15, 0.2) is 0 Å². The lowest BCUT2D eigenvalue weighted by Crippen LogP contribution is -2.42. The number of carbonyl (C=O) groups excluding carboxylic acids is 1. The Hall–Kier alpha value is -1.67. The van der Waals surface area contributed by atoms with Crippen LogP contribution in [0.3, 0.4) is 0 Å². The minimum atomic E-state index is -0.0176. The normalized spacial score (nSPS) is 21.9. The first kappa shape index (κ1) is 17.2. The highest BCUT2D eigenvalue weighted by molar-refractivity contribution is 5.74. The summed E-state index contributed by atoms with van der Waals surface area (Å²) in [5.74, 6) is 1.91. The molecule has 1 saturated carbocycles. The fourth-order valence-corrected chi connectivity index (χ4v) is 3.76. The van der Waals surface area contributed by atoms with Gasteiger partial charge in [0.05, 0.1) is 13.2 Å². The Bertz CT molecular complexity index is 558. The van der Waals surface area contributed by atoms with Crippen molar-refractivity contribution in [3.63, 3.8) is 0 Å². The number of ether oxygens (including phenoxy) is 2. The molecule has 0 radical (unpaired) electrons. The molecule has 8 heteroatoms. The first-order chi connectivity index (χ1) is 11.7. The van der Waals surface area contributed by atoms with Crippen LogP contribution in [0.4, 0.5) is 4.79 Å². The van der Waals surface area contributed by atoms with Gasteiger partial charge in [-0.25, -0.2) is 9.78 Å². The number of H-pyrrole nitrogens is 1. The molecular formula is C16H27N5O3. The summed E-state index contributed by atoms with van der Waals surface area (Å²) in [6, 6.07) is -0.0176. The van der Waals surface area contributed by atoms with Crippen LogP contribution in [0.1, 0.15) is 36.8 Å². The number of hydrogen-bond acceptors (Lipinski definition) is 5. The minimum absolute atomic E-state index is 0.0176. The highest BCUT2D eigenvalue weighted by Crippen LogP contribution is 2.55. The summed E-state index contributed by atoms with van der Waals surface area (Å²) in [6.45, 7) is 3.15. The molecule has 2 aliphatic rings. The van der Waals surface area contributed by atoms with Gasteiger partial charge in [0.15, 0.2) is 5.82 Å².